The molecule has 2 amide bonds. The molecule has 2 unspecified atom stereocenters. The fourth-order valence-corrected chi connectivity index (χ4v) is 4.05. The molecule has 2 aliphatic heterocycles. The molecule has 6 nitrogen and oxygen atoms in total. The summed E-state index contributed by atoms with van der Waals surface area (Å²) in [6.07, 6.45) is 4.16. The molecule has 0 saturated carbocycles. The van der Waals surface area contributed by atoms with Gasteiger partial charge in [0.05, 0.1) is 12.2 Å². The van der Waals surface area contributed by atoms with E-state index in [1.165, 1.54) is 0 Å². The van der Waals surface area contributed by atoms with Gasteiger partial charge in [-0.1, -0.05) is 36.4 Å². The summed E-state index contributed by atoms with van der Waals surface area (Å²) in [5.74, 6) is -0.314. The van der Waals surface area contributed by atoms with E-state index in [-0.39, 0.29) is 24.0 Å². The molecule has 4 rings (SSSR count). The Kier molecular flexibility index (Phi) is 6.77. The lowest BCUT2D eigenvalue weighted by molar-refractivity contribution is 0.0853. The largest absolute Gasteiger partial charge is 0.376 e. The van der Waals surface area contributed by atoms with Gasteiger partial charge in [-0.3, -0.25) is 9.59 Å². The van der Waals surface area contributed by atoms with Gasteiger partial charge in [0.2, 0.25) is 0 Å². The van der Waals surface area contributed by atoms with E-state index in [0.29, 0.717) is 24.2 Å². The van der Waals surface area contributed by atoms with Gasteiger partial charge in [-0.15, -0.1) is 0 Å². The van der Waals surface area contributed by atoms with Gasteiger partial charge < -0.3 is 20.1 Å². The van der Waals surface area contributed by atoms with Crippen molar-refractivity contribution in [1.29, 1.82) is 0 Å². The Morgan fingerprint density at radius 1 is 0.733 bits per heavy atom. The predicted octanol–water partition coefficient (Wildman–Crippen LogP) is 3.17. The van der Waals surface area contributed by atoms with Crippen LogP contribution in [0.2, 0.25) is 0 Å². The monoisotopic (exact) mass is 408 g/mol. The van der Waals surface area contributed by atoms with Crippen LogP contribution in [-0.4, -0.2) is 50.3 Å². The van der Waals surface area contributed by atoms with E-state index in [1.54, 1.807) is 12.1 Å². The van der Waals surface area contributed by atoms with Crippen molar-refractivity contribution in [2.24, 2.45) is 0 Å². The van der Waals surface area contributed by atoms with Crippen LogP contribution >= 0.6 is 0 Å². The lowest BCUT2D eigenvalue weighted by atomic mass is 9.94. The molecule has 2 aromatic carbocycles. The highest BCUT2D eigenvalue weighted by molar-refractivity contribution is 6.06. The minimum atomic E-state index is -0.157. The lowest BCUT2D eigenvalue weighted by Crippen LogP contribution is -2.33. The average molecular weight is 408 g/mol. The van der Waals surface area contributed by atoms with Crippen molar-refractivity contribution in [3.63, 3.8) is 0 Å². The third-order valence-electron chi connectivity index (χ3n) is 5.66. The van der Waals surface area contributed by atoms with E-state index in [0.717, 1.165) is 50.0 Å². The third-order valence-corrected chi connectivity index (χ3v) is 5.66. The van der Waals surface area contributed by atoms with Crippen molar-refractivity contribution in [2.75, 3.05) is 26.3 Å². The highest BCUT2D eigenvalue weighted by atomic mass is 16.5. The van der Waals surface area contributed by atoms with Crippen LogP contribution in [0.25, 0.3) is 11.1 Å². The summed E-state index contributed by atoms with van der Waals surface area (Å²) in [6, 6.07) is 14.8. The molecule has 0 aromatic heterocycles. The molecule has 0 spiro atoms. The fraction of sp³-hybridized carbons (Fsp3) is 0.417. The smallest absolute Gasteiger partial charge is 0.252 e. The first-order valence-corrected chi connectivity index (χ1v) is 10.7. The van der Waals surface area contributed by atoms with E-state index < -0.39 is 0 Å². The zero-order valence-corrected chi connectivity index (χ0v) is 17.1. The number of rotatable bonds is 7. The van der Waals surface area contributed by atoms with Crippen LogP contribution in [0.4, 0.5) is 0 Å². The topological polar surface area (TPSA) is 76.7 Å². The zero-order valence-electron chi connectivity index (χ0n) is 17.1. The number of carbonyl (C=O) groups excluding carboxylic acids is 2. The maximum atomic E-state index is 12.9. The van der Waals surface area contributed by atoms with Crippen LogP contribution in [0.3, 0.4) is 0 Å². The maximum Gasteiger partial charge on any atom is 0.252 e. The Morgan fingerprint density at radius 3 is 1.57 bits per heavy atom. The lowest BCUT2D eigenvalue weighted by Gasteiger charge is -2.16. The van der Waals surface area contributed by atoms with Gasteiger partial charge in [0, 0.05) is 37.4 Å². The van der Waals surface area contributed by atoms with Crippen LogP contribution in [0.5, 0.6) is 0 Å². The molecule has 158 valence electrons. The molecular formula is C24H28N2O4. The number of hydrogen-bond donors (Lipinski definition) is 2. The van der Waals surface area contributed by atoms with Crippen LogP contribution in [0.1, 0.15) is 46.4 Å². The van der Waals surface area contributed by atoms with Gasteiger partial charge in [-0.2, -0.15) is 0 Å². The van der Waals surface area contributed by atoms with Crippen molar-refractivity contribution < 1.29 is 19.1 Å². The van der Waals surface area contributed by atoms with Crippen LogP contribution in [-0.2, 0) is 9.47 Å². The molecule has 2 aromatic rings. The van der Waals surface area contributed by atoms with Crippen molar-refractivity contribution in [2.45, 2.75) is 37.9 Å². The summed E-state index contributed by atoms with van der Waals surface area (Å²) >= 11 is 0. The van der Waals surface area contributed by atoms with E-state index in [1.807, 2.05) is 36.4 Å². The summed E-state index contributed by atoms with van der Waals surface area (Å²) in [5.41, 5.74) is 2.58. The fourth-order valence-electron chi connectivity index (χ4n) is 4.05. The molecule has 30 heavy (non-hydrogen) atoms. The van der Waals surface area contributed by atoms with Crippen molar-refractivity contribution >= 4 is 11.8 Å². The molecule has 2 atom stereocenters. The van der Waals surface area contributed by atoms with E-state index in [4.69, 9.17) is 9.47 Å². The summed E-state index contributed by atoms with van der Waals surface area (Å²) < 4.78 is 11.2. The van der Waals surface area contributed by atoms with Crippen LogP contribution < -0.4 is 10.6 Å². The Bertz CT molecular complexity index is 813. The van der Waals surface area contributed by atoms with Gasteiger partial charge in [0.15, 0.2) is 0 Å². The number of hydrogen-bond acceptors (Lipinski definition) is 4. The second-order valence-corrected chi connectivity index (χ2v) is 7.78. The van der Waals surface area contributed by atoms with Gasteiger partial charge in [0.25, 0.3) is 11.8 Å². The number of nitrogens with one attached hydrogen (secondary N) is 2. The minimum absolute atomic E-state index is 0.0805. The molecule has 2 N–H and O–H groups in total. The number of ether oxygens (including phenoxy) is 2. The maximum absolute atomic E-state index is 12.9. The number of amides is 2. The Labute approximate surface area is 177 Å². The van der Waals surface area contributed by atoms with Crippen LogP contribution in [0.15, 0.2) is 48.5 Å². The predicted molar refractivity (Wildman–Crippen MR) is 114 cm³/mol. The highest BCUT2D eigenvalue weighted by Gasteiger charge is 2.21. The van der Waals surface area contributed by atoms with Crippen molar-refractivity contribution in [3.8, 4) is 11.1 Å². The third kappa shape index (κ3) is 4.89. The van der Waals surface area contributed by atoms with Gasteiger partial charge in [-0.25, -0.2) is 0 Å². The van der Waals surface area contributed by atoms with E-state index in [9.17, 15) is 9.59 Å². The summed E-state index contributed by atoms with van der Waals surface area (Å²) in [6.45, 7) is 2.50. The van der Waals surface area contributed by atoms with Gasteiger partial charge in [0.1, 0.15) is 0 Å². The molecular weight excluding hydrogens is 380 g/mol. The molecule has 0 bridgehead atoms. The molecule has 2 heterocycles. The molecule has 2 saturated heterocycles. The molecule has 0 radical (unpaired) electrons. The normalized spacial score (nSPS) is 20.8. The Balaban J connectivity index is 1.52. The van der Waals surface area contributed by atoms with Crippen molar-refractivity contribution in [1.82, 2.24) is 10.6 Å². The van der Waals surface area contributed by atoms with E-state index in [2.05, 4.69) is 10.6 Å². The summed E-state index contributed by atoms with van der Waals surface area (Å²) in [4.78, 5) is 25.8. The first-order valence-electron chi connectivity index (χ1n) is 10.7. The second kappa shape index (κ2) is 9.87. The summed E-state index contributed by atoms with van der Waals surface area (Å²) in [7, 11) is 0. The molecule has 2 aliphatic rings. The quantitative estimate of drug-likeness (QED) is 0.738. The average Bonchev–Trinajstić information content (AvgIpc) is 3.50. The molecule has 0 aliphatic carbocycles. The standard InChI is InChI=1S/C24H28N2O4/c27-23(25-15-17-7-5-13-29-17)21-11-3-1-9-19(21)20-10-2-4-12-22(20)24(28)26-16-18-8-6-14-30-18/h1-4,9-12,17-18H,5-8,13-16H2,(H,25,27)(H,26,28). The van der Waals surface area contributed by atoms with Gasteiger partial charge >= 0.3 is 0 Å². The highest BCUT2D eigenvalue weighted by Crippen LogP contribution is 2.27. The van der Waals surface area contributed by atoms with E-state index >= 15 is 0 Å². The van der Waals surface area contributed by atoms with Crippen LogP contribution in [0, 0.1) is 0 Å². The first-order chi connectivity index (χ1) is 14.7. The van der Waals surface area contributed by atoms with Gasteiger partial charge in [-0.05, 0) is 48.9 Å². The number of carbonyl (C=O) groups is 2. The number of benzene rings is 2. The summed E-state index contributed by atoms with van der Waals surface area (Å²) in [5, 5.41) is 5.96. The minimum Gasteiger partial charge on any atom is -0.376 e. The first kappa shape index (κ1) is 20.6. The van der Waals surface area contributed by atoms with Crippen molar-refractivity contribution in [3.05, 3.63) is 59.7 Å². The zero-order chi connectivity index (χ0) is 20.8. The second-order valence-electron chi connectivity index (χ2n) is 7.78. The Hall–Kier alpha value is -2.70. The molecule has 6 heteroatoms. The Morgan fingerprint density at radius 2 is 1.17 bits per heavy atom. The SMILES string of the molecule is O=C(NCC1CCCO1)c1ccccc1-c1ccccc1C(=O)NCC1CCCO1. The molecule has 2 fully saturated rings.